The molecule has 0 spiro atoms. The smallest absolute Gasteiger partial charge is 0.263 e. The normalized spacial score (nSPS) is 10.6. The topological polar surface area (TPSA) is 42.0 Å². The third-order valence-electron chi connectivity index (χ3n) is 2.89. The van der Waals surface area contributed by atoms with Crippen molar-refractivity contribution in [3.63, 3.8) is 0 Å². The van der Waals surface area contributed by atoms with Crippen molar-refractivity contribution in [3.8, 4) is 10.6 Å². The molecule has 0 radical (unpaired) electrons. The number of benzene rings is 1. The van der Waals surface area contributed by atoms with Gasteiger partial charge in [0.1, 0.15) is 15.7 Å². The van der Waals surface area contributed by atoms with Crippen LogP contribution in [0.1, 0.15) is 14.5 Å². The van der Waals surface area contributed by atoms with E-state index in [1.54, 1.807) is 24.3 Å². The van der Waals surface area contributed by atoms with Gasteiger partial charge in [-0.05, 0) is 24.3 Å². The lowest BCUT2D eigenvalue weighted by molar-refractivity contribution is 0.0955. The predicted octanol–water partition coefficient (Wildman–Crippen LogP) is 4.59. The van der Waals surface area contributed by atoms with Gasteiger partial charge in [-0.25, -0.2) is 9.37 Å². The third-order valence-corrected chi connectivity index (χ3v) is 5.15. The van der Waals surface area contributed by atoms with Crippen LogP contribution in [0.2, 0.25) is 4.34 Å². The lowest BCUT2D eigenvalue weighted by atomic mass is 10.2. The first-order valence-electron chi connectivity index (χ1n) is 6.36. The maximum atomic E-state index is 13.7. The Bertz CT molecular complexity index is 815. The fourth-order valence-electron chi connectivity index (χ4n) is 1.84. The highest BCUT2D eigenvalue weighted by molar-refractivity contribution is 7.17. The van der Waals surface area contributed by atoms with Crippen LogP contribution in [0.3, 0.4) is 0 Å². The monoisotopic (exact) mass is 352 g/mol. The van der Waals surface area contributed by atoms with Gasteiger partial charge < -0.3 is 5.32 Å². The van der Waals surface area contributed by atoms with Crippen LogP contribution in [0, 0.1) is 5.82 Å². The summed E-state index contributed by atoms with van der Waals surface area (Å²) in [6, 6.07) is 10.0. The van der Waals surface area contributed by atoms with Crippen LogP contribution in [0.25, 0.3) is 10.6 Å². The molecule has 2 aromatic heterocycles. The van der Waals surface area contributed by atoms with Crippen molar-refractivity contribution in [2.75, 3.05) is 0 Å². The lowest BCUT2D eigenvalue weighted by Crippen LogP contribution is -2.21. The standard InChI is InChI=1S/C15H10ClFN2OS2/c16-13-6-5-9(21-13)7-18-14(20)12-8-19-15(22-12)10-3-1-2-4-11(10)17/h1-6,8H,7H2,(H,18,20). The van der Waals surface area contributed by atoms with E-state index in [0.717, 1.165) is 16.2 Å². The fraction of sp³-hybridized carbons (Fsp3) is 0.0667. The second-order valence-electron chi connectivity index (χ2n) is 4.40. The molecule has 0 unspecified atom stereocenters. The molecule has 0 atom stereocenters. The van der Waals surface area contributed by atoms with E-state index in [1.807, 2.05) is 6.07 Å². The van der Waals surface area contributed by atoms with Crippen molar-refractivity contribution >= 4 is 40.2 Å². The van der Waals surface area contributed by atoms with Crippen LogP contribution < -0.4 is 5.32 Å². The molecule has 1 N–H and O–H groups in total. The summed E-state index contributed by atoms with van der Waals surface area (Å²) in [6.45, 7) is 0.406. The van der Waals surface area contributed by atoms with Crippen molar-refractivity contribution in [3.05, 3.63) is 62.5 Å². The Morgan fingerprint density at radius 3 is 2.77 bits per heavy atom. The maximum Gasteiger partial charge on any atom is 0.263 e. The minimum atomic E-state index is -0.350. The van der Waals surface area contributed by atoms with E-state index in [2.05, 4.69) is 10.3 Å². The molecule has 0 fully saturated rings. The Labute approximate surface area is 139 Å². The Balaban J connectivity index is 1.70. The zero-order valence-corrected chi connectivity index (χ0v) is 13.6. The Kier molecular flexibility index (Phi) is 4.52. The number of nitrogens with zero attached hydrogens (tertiary/aromatic N) is 1. The molecule has 0 aliphatic rings. The van der Waals surface area contributed by atoms with E-state index in [0.29, 0.717) is 26.3 Å². The van der Waals surface area contributed by atoms with Gasteiger partial charge >= 0.3 is 0 Å². The first kappa shape index (κ1) is 15.1. The van der Waals surface area contributed by atoms with Crippen LogP contribution >= 0.6 is 34.3 Å². The van der Waals surface area contributed by atoms with E-state index in [4.69, 9.17) is 11.6 Å². The Morgan fingerprint density at radius 2 is 2.05 bits per heavy atom. The molecule has 7 heteroatoms. The number of carbonyl (C=O) groups is 1. The molecule has 3 nitrogen and oxygen atoms in total. The molecule has 0 saturated heterocycles. The predicted molar refractivity (Wildman–Crippen MR) is 88.0 cm³/mol. The molecule has 3 rings (SSSR count). The lowest BCUT2D eigenvalue weighted by Gasteiger charge is -2.00. The number of carbonyl (C=O) groups excluding carboxylic acids is 1. The SMILES string of the molecule is O=C(NCc1ccc(Cl)s1)c1cnc(-c2ccccc2F)s1. The first-order valence-corrected chi connectivity index (χ1v) is 8.38. The van der Waals surface area contributed by atoms with Crippen LogP contribution in [0.5, 0.6) is 0 Å². The van der Waals surface area contributed by atoms with Gasteiger partial charge in [0.05, 0.1) is 17.1 Å². The average Bonchev–Trinajstić information content (AvgIpc) is 3.14. The van der Waals surface area contributed by atoms with Crippen LogP contribution in [-0.4, -0.2) is 10.9 Å². The quantitative estimate of drug-likeness (QED) is 0.746. The van der Waals surface area contributed by atoms with Gasteiger partial charge in [0.15, 0.2) is 0 Å². The van der Waals surface area contributed by atoms with E-state index < -0.39 is 0 Å². The van der Waals surface area contributed by atoms with E-state index in [-0.39, 0.29) is 11.7 Å². The molecule has 22 heavy (non-hydrogen) atoms. The van der Waals surface area contributed by atoms with Gasteiger partial charge in [0.2, 0.25) is 0 Å². The highest BCUT2D eigenvalue weighted by Gasteiger charge is 2.14. The zero-order chi connectivity index (χ0) is 15.5. The second kappa shape index (κ2) is 6.56. The van der Waals surface area contributed by atoms with Gasteiger partial charge in [0.25, 0.3) is 5.91 Å². The summed E-state index contributed by atoms with van der Waals surface area (Å²) >= 11 is 8.42. The van der Waals surface area contributed by atoms with Crippen molar-refractivity contribution in [2.24, 2.45) is 0 Å². The molecule has 1 amide bonds. The number of hydrogen-bond acceptors (Lipinski definition) is 4. The number of rotatable bonds is 4. The summed E-state index contributed by atoms with van der Waals surface area (Å²) < 4.78 is 14.4. The molecule has 0 aliphatic heterocycles. The molecular weight excluding hydrogens is 343 g/mol. The van der Waals surface area contributed by atoms with Crippen molar-refractivity contribution in [1.82, 2.24) is 10.3 Å². The summed E-state index contributed by atoms with van der Waals surface area (Å²) in [5, 5.41) is 3.29. The number of thiophene rings is 1. The number of hydrogen-bond donors (Lipinski definition) is 1. The highest BCUT2D eigenvalue weighted by Crippen LogP contribution is 2.27. The molecule has 0 saturated carbocycles. The summed E-state index contributed by atoms with van der Waals surface area (Å²) in [6.07, 6.45) is 1.46. The number of nitrogens with one attached hydrogen (secondary N) is 1. The van der Waals surface area contributed by atoms with Gasteiger partial charge in [0, 0.05) is 10.4 Å². The van der Waals surface area contributed by atoms with E-state index in [9.17, 15) is 9.18 Å². The van der Waals surface area contributed by atoms with Crippen molar-refractivity contribution < 1.29 is 9.18 Å². The van der Waals surface area contributed by atoms with Crippen molar-refractivity contribution in [2.45, 2.75) is 6.54 Å². The zero-order valence-electron chi connectivity index (χ0n) is 11.2. The molecule has 112 valence electrons. The fourth-order valence-corrected chi connectivity index (χ4v) is 3.73. The molecule has 3 aromatic rings. The van der Waals surface area contributed by atoms with Crippen molar-refractivity contribution in [1.29, 1.82) is 0 Å². The largest absolute Gasteiger partial charge is 0.346 e. The van der Waals surface area contributed by atoms with Gasteiger partial charge in [-0.3, -0.25) is 4.79 Å². The van der Waals surface area contributed by atoms with E-state index in [1.165, 1.54) is 23.6 Å². The first-order chi connectivity index (χ1) is 10.6. The van der Waals surface area contributed by atoms with Crippen LogP contribution in [0.4, 0.5) is 4.39 Å². The number of amides is 1. The summed E-state index contributed by atoms with van der Waals surface area (Å²) in [5.74, 6) is -0.582. The number of thiazole rings is 1. The minimum absolute atomic E-state index is 0.232. The summed E-state index contributed by atoms with van der Waals surface area (Å²) in [5.41, 5.74) is 0.400. The second-order valence-corrected chi connectivity index (χ2v) is 7.23. The van der Waals surface area contributed by atoms with Gasteiger partial charge in [-0.2, -0.15) is 0 Å². The Hall–Kier alpha value is -1.76. The average molecular weight is 353 g/mol. The molecule has 2 heterocycles. The number of aromatic nitrogens is 1. The van der Waals surface area contributed by atoms with Crippen LogP contribution in [-0.2, 0) is 6.54 Å². The van der Waals surface area contributed by atoms with E-state index >= 15 is 0 Å². The molecule has 1 aromatic carbocycles. The molecular formula is C15H10ClFN2OS2. The summed E-state index contributed by atoms with van der Waals surface area (Å²) in [4.78, 5) is 17.6. The number of halogens is 2. The van der Waals surface area contributed by atoms with Crippen LogP contribution in [0.15, 0.2) is 42.6 Å². The molecule has 0 aliphatic carbocycles. The highest BCUT2D eigenvalue weighted by atomic mass is 35.5. The molecule has 0 bridgehead atoms. The Morgan fingerprint density at radius 1 is 1.23 bits per heavy atom. The summed E-state index contributed by atoms with van der Waals surface area (Å²) in [7, 11) is 0. The minimum Gasteiger partial charge on any atom is -0.346 e. The van der Waals surface area contributed by atoms with Gasteiger partial charge in [-0.15, -0.1) is 22.7 Å². The maximum absolute atomic E-state index is 13.7. The third kappa shape index (κ3) is 3.35. The van der Waals surface area contributed by atoms with Gasteiger partial charge in [-0.1, -0.05) is 23.7 Å².